The van der Waals surface area contributed by atoms with Crippen molar-refractivity contribution in [1.29, 1.82) is 0 Å². The number of phenols is 1. The summed E-state index contributed by atoms with van der Waals surface area (Å²) < 4.78 is 42.5. The largest absolute Gasteiger partial charge is 0.507 e. The Morgan fingerprint density at radius 2 is 2.00 bits per heavy atom. The number of rotatable bonds is 3. The Bertz CT molecular complexity index is 407. The normalized spacial score (nSPS) is 13.5. The Morgan fingerprint density at radius 3 is 2.41 bits per heavy atom. The summed E-state index contributed by atoms with van der Waals surface area (Å²) in [5.41, 5.74) is 3.95. The van der Waals surface area contributed by atoms with Crippen molar-refractivity contribution in [3.8, 4) is 11.5 Å². The molecule has 4 N–H and O–H groups in total. The Kier molecular flexibility index (Phi) is 3.84. The van der Waals surface area contributed by atoms with Gasteiger partial charge in [0.05, 0.1) is 19.8 Å². The molecule has 0 aromatic heterocycles. The molecule has 0 heterocycles. The van der Waals surface area contributed by atoms with Crippen molar-refractivity contribution < 1.29 is 28.1 Å². The van der Waals surface area contributed by atoms with Crippen LogP contribution in [-0.2, 0) is 6.18 Å². The number of aliphatic hydroxyl groups excluding tert-OH is 1. The fraction of sp³-hybridized carbons (Fsp3) is 0.400. The van der Waals surface area contributed by atoms with E-state index >= 15 is 0 Å². The van der Waals surface area contributed by atoms with Crippen LogP contribution in [0.25, 0.3) is 0 Å². The second-order valence-electron chi connectivity index (χ2n) is 3.40. The third-order valence-corrected chi connectivity index (χ3v) is 2.25. The monoisotopic (exact) mass is 251 g/mol. The molecule has 0 saturated carbocycles. The average molecular weight is 251 g/mol. The first-order valence-electron chi connectivity index (χ1n) is 4.65. The summed E-state index contributed by atoms with van der Waals surface area (Å²) in [6.07, 6.45) is -4.72. The predicted octanol–water partition coefficient (Wildman–Crippen LogP) is 1.41. The molecule has 0 aliphatic rings. The molecular weight excluding hydrogens is 239 g/mol. The summed E-state index contributed by atoms with van der Waals surface area (Å²) in [6, 6.07) is 0.722. The first-order valence-corrected chi connectivity index (χ1v) is 4.65. The first kappa shape index (κ1) is 13.6. The lowest BCUT2D eigenvalue weighted by Gasteiger charge is -2.17. The number of aromatic hydroxyl groups is 1. The van der Waals surface area contributed by atoms with Gasteiger partial charge in [0, 0.05) is 5.56 Å². The molecule has 0 radical (unpaired) electrons. The maximum Gasteiger partial charge on any atom is 0.420 e. The number of hydrogen-bond donors (Lipinski definition) is 3. The highest BCUT2D eigenvalue weighted by molar-refractivity contribution is 5.49. The number of methoxy groups -OCH3 is 1. The maximum absolute atomic E-state index is 12.6. The first-order chi connectivity index (χ1) is 7.81. The number of alkyl halides is 3. The van der Waals surface area contributed by atoms with Gasteiger partial charge in [-0.25, -0.2) is 0 Å². The average Bonchev–Trinajstić information content (AvgIpc) is 2.26. The molecule has 0 bridgehead atoms. The summed E-state index contributed by atoms with van der Waals surface area (Å²) in [5.74, 6) is -1.08. The van der Waals surface area contributed by atoms with Crippen molar-refractivity contribution in [2.24, 2.45) is 5.73 Å². The van der Waals surface area contributed by atoms with Gasteiger partial charge in [-0.05, 0) is 12.1 Å². The van der Waals surface area contributed by atoms with Crippen LogP contribution in [0, 0.1) is 0 Å². The molecule has 0 aliphatic heterocycles. The summed E-state index contributed by atoms with van der Waals surface area (Å²) in [7, 11) is 1.20. The van der Waals surface area contributed by atoms with Crippen LogP contribution < -0.4 is 10.5 Å². The molecule has 17 heavy (non-hydrogen) atoms. The van der Waals surface area contributed by atoms with E-state index in [9.17, 15) is 18.3 Å². The van der Waals surface area contributed by atoms with Crippen molar-refractivity contribution in [3.63, 3.8) is 0 Å². The van der Waals surface area contributed by atoms with Gasteiger partial charge >= 0.3 is 6.18 Å². The van der Waals surface area contributed by atoms with Crippen LogP contribution in [0.1, 0.15) is 17.2 Å². The number of benzene rings is 1. The minimum atomic E-state index is -4.72. The van der Waals surface area contributed by atoms with Gasteiger partial charge in [0.1, 0.15) is 17.1 Å². The lowest BCUT2D eigenvalue weighted by atomic mass is 10.0. The van der Waals surface area contributed by atoms with Gasteiger partial charge in [-0.3, -0.25) is 0 Å². The number of ether oxygens (including phenoxy) is 1. The van der Waals surface area contributed by atoms with Gasteiger partial charge in [-0.15, -0.1) is 0 Å². The van der Waals surface area contributed by atoms with Crippen molar-refractivity contribution in [1.82, 2.24) is 0 Å². The molecule has 4 nitrogen and oxygen atoms in total. The Balaban J connectivity index is 3.41. The molecular formula is C10H12F3NO3. The second-order valence-corrected chi connectivity index (χ2v) is 3.40. The van der Waals surface area contributed by atoms with E-state index in [0.717, 1.165) is 6.07 Å². The van der Waals surface area contributed by atoms with E-state index in [-0.39, 0.29) is 11.3 Å². The third kappa shape index (κ3) is 2.80. The van der Waals surface area contributed by atoms with E-state index in [4.69, 9.17) is 15.6 Å². The molecule has 7 heteroatoms. The molecule has 1 atom stereocenters. The fourth-order valence-corrected chi connectivity index (χ4v) is 1.34. The third-order valence-electron chi connectivity index (χ3n) is 2.25. The van der Waals surface area contributed by atoms with Crippen molar-refractivity contribution in [3.05, 3.63) is 23.3 Å². The van der Waals surface area contributed by atoms with E-state index in [2.05, 4.69) is 0 Å². The number of phenolic OH excluding ortho intramolecular Hbond substituents is 1. The molecule has 0 amide bonds. The highest BCUT2D eigenvalue weighted by Gasteiger charge is 2.36. The SMILES string of the molecule is COc1cc(C(N)CO)c(O)c(C(F)(F)F)c1. The van der Waals surface area contributed by atoms with E-state index < -0.39 is 30.1 Å². The van der Waals surface area contributed by atoms with E-state index in [0.29, 0.717) is 6.07 Å². The van der Waals surface area contributed by atoms with Crippen LogP contribution in [-0.4, -0.2) is 23.9 Å². The number of nitrogens with two attached hydrogens (primary N) is 1. The lowest BCUT2D eigenvalue weighted by Crippen LogP contribution is -2.16. The van der Waals surface area contributed by atoms with Gasteiger partial charge in [-0.2, -0.15) is 13.2 Å². The van der Waals surface area contributed by atoms with Crippen LogP contribution in [0.5, 0.6) is 11.5 Å². The number of hydrogen-bond acceptors (Lipinski definition) is 4. The van der Waals surface area contributed by atoms with Crippen LogP contribution in [0.4, 0.5) is 13.2 Å². The maximum atomic E-state index is 12.6. The van der Waals surface area contributed by atoms with Crippen LogP contribution in [0.2, 0.25) is 0 Å². The van der Waals surface area contributed by atoms with Crippen LogP contribution >= 0.6 is 0 Å². The van der Waals surface area contributed by atoms with Gasteiger partial charge in [0.2, 0.25) is 0 Å². The molecule has 1 unspecified atom stereocenters. The molecule has 0 saturated heterocycles. The van der Waals surface area contributed by atoms with Gasteiger partial charge < -0.3 is 20.7 Å². The zero-order valence-electron chi connectivity index (χ0n) is 8.95. The van der Waals surface area contributed by atoms with Crippen LogP contribution in [0.15, 0.2) is 12.1 Å². The lowest BCUT2D eigenvalue weighted by molar-refractivity contribution is -0.139. The van der Waals surface area contributed by atoms with E-state index in [1.54, 1.807) is 0 Å². The molecule has 96 valence electrons. The summed E-state index contributed by atoms with van der Waals surface area (Å²) >= 11 is 0. The molecule has 1 aromatic rings. The number of aliphatic hydroxyl groups is 1. The van der Waals surface area contributed by atoms with Crippen molar-refractivity contribution in [2.75, 3.05) is 13.7 Å². The summed E-state index contributed by atoms with van der Waals surface area (Å²) in [4.78, 5) is 0. The fourth-order valence-electron chi connectivity index (χ4n) is 1.34. The Labute approximate surface area is 95.4 Å². The van der Waals surface area contributed by atoms with Crippen molar-refractivity contribution >= 4 is 0 Å². The van der Waals surface area contributed by atoms with Gasteiger partial charge in [-0.1, -0.05) is 0 Å². The summed E-state index contributed by atoms with van der Waals surface area (Å²) in [6.45, 7) is -0.585. The molecule has 0 aliphatic carbocycles. The highest BCUT2D eigenvalue weighted by atomic mass is 19.4. The Morgan fingerprint density at radius 1 is 1.41 bits per heavy atom. The highest BCUT2D eigenvalue weighted by Crippen LogP contribution is 2.41. The molecule has 1 rings (SSSR count). The van der Waals surface area contributed by atoms with E-state index in [1.165, 1.54) is 7.11 Å². The minimum Gasteiger partial charge on any atom is -0.507 e. The van der Waals surface area contributed by atoms with Crippen molar-refractivity contribution in [2.45, 2.75) is 12.2 Å². The minimum absolute atomic E-state index is 0.0889. The van der Waals surface area contributed by atoms with Crippen LogP contribution in [0.3, 0.4) is 0 Å². The quantitative estimate of drug-likeness (QED) is 0.759. The van der Waals surface area contributed by atoms with Gasteiger partial charge in [0.25, 0.3) is 0 Å². The van der Waals surface area contributed by atoms with Gasteiger partial charge in [0.15, 0.2) is 0 Å². The number of halogens is 3. The standard InChI is InChI=1S/C10H12F3NO3/c1-17-5-2-6(8(14)4-15)9(16)7(3-5)10(11,12)13/h2-3,8,15-16H,4,14H2,1H3. The molecule has 1 aromatic carbocycles. The smallest absolute Gasteiger partial charge is 0.420 e. The second kappa shape index (κ2) is 4.80. The zero-order valence-corrected chi connectivity index (χ0v) is 8.95. The van der Waals surface area contributed by atoms with E-state index in [1.807, 2.05) is 0 Å². The predicted molar refractivity (Wildman–Crippen MR) is 53.7 cm³/mol. The summed E-state index contributed by atoms with van der Waals surface area (Å²) in [5, 5.41) is 18.3. The molecule has 0 spiro atoms. The Hall–Kier alpha value is -1.47. The molecule has 0 fully saturated rings. The topological polar surface area (TPSA) is 75.7 Å². The zero-order chi connectivity index (χ0) is 13.2.